The van der Waals surface area contributed by atoms with E-state index in [0.717, 1.165) is 12.1 Å². The number of rotatable bonds is 2. The maximum atomic E-state index is 12.9. The Hall–Kier alpha value is -1.55. The van der Waals surface area contributed by atoms with E-state index in [4.69, 9.17) is 13.0 Å². The van der Waals surface area contributed by atoms with Crippen molar-refractivity contribution in [3.63, 3.8) is 0 Å². The molecule has 0 aliphatic heterocycles. The lowest BCUT2D eigenvalue weighted by molar-refractivity contribution is -0.601. The topological polar surface area (TPSA) is 57.2 Å². The molecule has 14 heteroatoms. The van der Waals surface area contributed by atoms with Gasteiger partial charge in [-0.25, -0.2) is 8.42 Å². The van der Waals surface area contributed by atoms with Crippen LogP contribution >= 0.6 is 0 Å². The maximum absolute atomic E-state index is 12.9. The molecule has 0 aliphatic rings. The Morgan fingerprint density at radius 1 is 0.655 bits per heavy atom. The second-order valence-electron chi connectivity index (χ2n) is 4.95. The Balaban J connectivity index is 0.000000447. The average Bonchev–Trinajstić information content (AvgIpc) is 2.52. The summed E-state index contributed by atoms with van der Waals surface area (Å²) in [4.78, 5) is 0. The van der Waals surface area contributed by atoms with Gasteiger partial charge in [0, 0.05) is 0 Å². The first kappa shape index (κ1) is 25.5. The van der Waals surface area contributed by atoms with E-state index < -0.39 is 60.3 Å². The van der Waals surface area contributed by atoms with Crippen molar-refractivity contribution < 1.29 is 73.7 Å². The third-order valence-corrected chi connectivity index (χ3v) is 6.46. The molecule has 2 aromatic rings. The zero-order valence-corrected chi connectivity index (χ0v) is 16.5. The van der Waals surface area contributed by atoms with Gasteiger partial charge >= 0.3 is 39.1 Å². The predicted molar refractivity (Wildman–Crippen MR) is 76.0 cm³/mol. The van der Waals surface area contributed by atoms with E-state index in [1.165, 1.54) is 36.4 Å². The Bertz CT molecular complexity index is 880. The number of benzene rings is 2. The van der Waals surface area contributed by atoms with Gasteiger partial charge in [-0.05, 0) is 24.3 Å². The summed E-state index contributed by atoms with van der Waals surface area (Å²) < 4.78 is 136. The van der Waals surface area contributed by atoms with E-state index in [1.54, 1.807) is 0 Å². The van der Waals surface area contributed by atoms with Gasteiger partial charge < -0.3 is 4.55 Å². The van der Waals surface area contributed by atoms with Crippen molar-refractivity contribution in [2.45, 2.75) is 17.9 Å². The smallest absolute Gasteiger partial charge is 0.485 e. The van der Waals surface area contributed by atoms with Crippen LogP contribution in [0.15, 0.2) is 48.5 Å². The summed E-state index contributed by atoms with van der Waals surface area (Å²) in [7, 11) is -6.09. The fourth-order valence-electron chi connectivity index (χ4n) is 1.66. The largest absolute Gasteiger partial charge is 0.741 e. The first-order valence-electron chi connectivity index (χ1n) is 6.94. The first-order valence-corrected chi connectivity index (χ1v) is 10.5. The summed E-state index contributed by atoms with van der Waals surface area (Å²) in [5.41, 5.74) is -7.38. The minimum absolute atomic E-state index is 0.0690. The van der Waals surface area contributed by atoms with Crippen LogP contribution in [0.2, 0.25) is 0 Å². The predicted octanol–water partition coefficient (Wildman–Crippen LogP) is 1.90. The highest BCUT2D eigenvalue weighted by Crippen LogP contribution is 2.30. The van der Waals surface area contributed by atoms with Gasteiger partial charge in [0.2, 0.25) is 7.14 Å². The molecule has 0 atom stereocenters. The van der Waals surface area contributed by atoms with Crippen LogP contribution in [0.4, 0.5) is 39.5 Å². The van der Waals surface area contributed by atoms with Crippen LogP contribution in [-0.2, 0) is 22.5 Å². The molecule has 0 fully saturated rings. The van der Waals surface area contributed by atoms with Crippen molar-refractivity contribution in [1.82, 2.24) is 0 Å². The van der Waals surface area contributed by atoms with E-state index in [-0.39, 0.29) is 7.14 Å². The number of hydrogen-bond acceptors (Lipinski definition) is 3. The van der Waals surface area contributed by atoms with E-state index in [2.05, 4.69) is 0 Å². The molecule has 0 saturated heterocycles. The second-order valence-corrected chi connectivity index (χ2v) is 9.18. The Morgan fingerprint density at radius 2 is 0.931 bits per heavy atom. The first-order chi connectivity index (χ1) is 12.9. The SMILES string of the molecule is FC(F)(F)c1ccccc1[I+]c1ccccc1C(F)(F)F.O=S(=O)([O-])C(F)(F)F. The third kappa shape index (κ3) is 7.65. The third-order valence-electron chi connectivity index (χ3n) is 2.85. The van der Waals surface area contributed by atoms with Crippen molar-refractivity contribution in [3.8, 4) is 0 Å². The molecular formula is C15H8F9IO3S. The van der Waals surface area contributed by atoms with Crippen molar-refractivity contribution >= 4 is 10.1 Å². The normalized spacial score (nSPS) is 12.9. The lowest BCUT2D eigenvalue weighted by Crippen LogP contribution is -3.62. The molecule has 0 amide bonds. The van der Waals surface area contributed by atoms with E-state index in [9.17, 15) is 39.5 Å². The molecule has 0 heterocycles. The van der Waals surface area contributed by atoms with Crippen molar-refractivity contribution in [2.24, 2.45) is 0 Å². The molecule has 29 heavy (non-hydrogen) atoms. The summed E-state index contributed by atoms with van der Waals surface area (Å²) in [6, 6.07) is 9.53. The molecular weight excluding hydrogens is 558 g/mol. The fourth-order valence-corrected chi connectivity index (χ4v) is 4.61. The minimum atomic E-state index is -6.09. The molecule has 0 spiro atoms. The molecule has 2 aromatic carbocycles. The van der Waals surface area contributed by atoms with Crippen LogP contribution in [0.3, 0.4) is 0 Å². The Labute approximate surface area is 168 Å². The summed E-state index contributed by atoms with van der Waals surface area (Å²) in [6.07, 6.45) is -9.13. The molecule has 0 aliphatic carbocycles. The zero-order valence-electron chi connectivity index (χ0n) is 13.5. The van der Waals surface area contributed by atoms with Crippen molar-refractivity contribution in [1.29, 1.82) is 0 Å². The number of hydrogen-bond donors (Lipinski definition) is 0. The fraction of sp³-hybridized carbons (Fsp3) is 0.200. The van der Waals surface area contributed by atoms with Gasteiger partial charge in [-0.15, -0.1) is 0 Å². The van der Waals surface area contributed by atoms with E-state index in [0.29, 0.717) is 0 Å². The van der Waals surface area contributed by atoms with Crippen molar-refractivity contribution in [3.05, 3.63) is 66.8 Å². The molecule has 0 bridgehead atoms. The molecule has 2 rings (SSSR count). The number of halogens is 10. The van der Waals surface area contributed by atoms with E-state index in [1.807, 2.05) is 0 Å². The zero-order chi connectivity index (χ0) is 22.7. The monoisotopic (exact) mass is 566 g/mol. The lowest BCUT2D eigenvalue weighted by Gasteiger charge is -2.08. The van der Waals surface area contributed by atoms with Crippen LogP contribution in [0.25, 0.3) is 0 Å². The standard InChI is InChI=1S/C14H8F6I.CHF3O3S/c15-13(16,17)9-5-1-3-7-11(9)21-12-8-4-2-6-10(12)14(18,19)20;2-1(3,4)8(5,6)7/h1-8H;(H,5,6,7)/q+1;/p-1. The van der Waals surface area contributed by atoms with Crippen LogP contribution in [-0.4, -0.2) is 18.5 Å². The molecule has 0 aromatic heterocycles. The van der Waals surface area contributed by atoms with Gasteiger partial charge in [-0.1, -0.05) is 24.3 Å². The van der Waals surface area contributed by atoms with Gasteiger partial charge in [-0.3, -0.25) is 0 Å². The van der Waals surface area contributed by atoms with Crippen molar-refractivity contribution in [2.75, 3.05) is 0 Å². The van der Waals surface area contributed by atoms with Gasteiger partial charge in [0.25, 0.3) is 0 Å². The second kappa shape index (κ2) is 9.07. The summed E-state index contributed by atoms with van der Waals surface area (Å²) in [5, 5.41) is 0. The van der Waals surface area contributed by atoms with Crippen LogP contribution in [0.5, 0.6) is 0 Å². The van der Waals surface area contributed by atoms with Crippen LogP contribution in [0, 0.1) is 7.14 Å². The van der Waals surface area contributed by atoms with Gasteiger partial charge in [0.1, 0.15) is 11.1 Å². The molecule has 0 unspecified atom stereocenters. The van der Waals surface area contributed by atoms with Gasteiger partial charge in [0.05, 0.1) is 0 Å². The number of alkyl halides is 9. The maximum Gasteiger partial charge on any atom is 0.485 e. The minimum Gasteiger partial charge on any atom is -0.741 e. The Kier molecular flexibility index (Phi) is 7.98. The highest BCUT2D eigenvalue weighted by molar-refractivity contribution is 7.86. The van der Waals surface area contributed by atoms with Crippen LogP contribution in [0.1, 0.15) is 11.1 Å². The summed E-state index contributed by atoms with van der Waals surface area (Å²) >= 11 is -1.59. The van der Waals surface area contributed by atoms with Crippen LogP contribution < -0.4 is 21.2 Å². The molecule has 0 saturated carbocycles. The highest BCUT2D eigenvalue weighted by Gasteiger charge is 2.42. The lowest BCUT2D eigenvalue weighted by atomic mass is 10.2. The average molecular weight is 566 g/mol. The highest BCUT2D eigenvalue weighted by atomic mass is 127. The van der Waals surface area contributed by atoms with Gasteiger partial charge in [-0.2, -0.15) is 39.5 Å². The quantitative estimate of drug-likeness (QED) is 0.242. The molecule has 3 nitrogen and oxygen atoms in total. The summed E-state index contributed by atoms with van der Waals surface area (Å²) in [6.45, 7) is 0. The Morgan fingerprint density at radius 3 is 1.17 bits per heavy atom. The molecule has 0 N–H and O–H groups in total. The molecule has 0 radical (unpaired) electrons. The van der Waals surface area contributed by atoms with E-state index >= 15 is 0 Å². The summed E-state index contributed by atoms with van der Waals surface area (Å²) in [5.74, 6) is 0. The van der Waals surface area contributed by atoms with Gasteiger partial charge in [0.15, 0.2) is 10.1 Å². The molecule has 162 valence electrons.